The van der Waals surface area contributed by atoms with Gasteiger partial charge >= 0.3 is 0 Å². The third-order valence-corrected chi connectivity index (χ3v) is 6.97. The fourth-order valence-corrected chi connectivity index (χ4v) is 5.92. The summed E-state index contributed by atoms with van der Waals surface area (Å²) < 4.78 is 30.9. The topological polar surface area (TPSA) is 70.8 Å². The zero-order valence-electron chi connectivity index (χ0n) is 13.3. The number of fused-ring (bicyclic) bond motifs is 1. The van der Waals surface area contributed by atoms with Gasteiger partial charge in [0.1, 0.15) is 5.76 Å². The number of hydrogen-bond acceptors (Lipinski definition) is 5. The van der Waals surface area contributed by atoms with Crippen LogP contribution < -0.4 is 4.90 Å². The molecule has 2 aliphatic heterocycles. The van der Waals surface area contributed by atoms with Crippen LogP contribution in [0.1, 0.15) is 5.76 Å². The summed E-state index contributed by atoms with van der Waals surface area (Å²) in [5, 5.41) is 0. The van der Waals surface area contributed by atoms with E-state index in [4.69, 9.17) is 4.42 Å². The van der Waals surface area contributed by atoms with Crippen molar-refractivity contribution in [3.8, 4) is 0 Å². The molecule has 0 bridgehead atoms. The maximum Gasteiger partial charge on any atom is 0.241 e. The van der Waals surface area contributed by atoms with Crippen LogP contribution in [-0.4, -0.2) is 49.4 Å². The Hall–Kier alpha value is -1.64. The van der Waals surface area contributed by atoms with Crippen molar-refractivity contribution < 1.29 is 17.6 Å². The number of hydrogen-bond donors (Lipinski definition) is 0. The fourth-order valence-electron chi connectivity index (χ4n) is 3.67. The fraction of sp³-hybridized carbons (Fsp3) is 0.353. The molecular weight excluding hydrogens is 408 g/mol. The van der Waals surface area contributed by atoms with Gasteiger partial charge in [-0.1, -0.05) is 15.9 Å². The standard InChI is InChI=1S/C17H17BrN2O4S/c18-12-3-5-13(6-4-12)20-16-11-25(22,23)10-15(16)19(9-17(20)21)8-14-2-1-7-24-14/h1-7,15-16H,8-11H2/t15-,16+/m1/s1. The first kappa shape index (κ1) is 16.8. The van der Waals surface area contributed by atoms with Gasteiger partial charge in [0.25, 0.3) is 0 Å². The largest absolute Gasteiger partial charge is 0.468 e. The molecule has 2 aliphatic rings. The van der Waals surface area contributed by atoms with Crippen LogP contribution in [0.15, 0.2) is 51.6 Å². The quantitative estimate of drug-likeness (QED) is 0.753. The molecule has 1 amide bonds. The number of rotatable bonds is 3. The Bertz CT molecular complexity index is 880. The Balaban J connectivity index is 1.68. The summed E-state index contributed by atoms with van der Waals surface area (Å²) in [6, 6.07) is 10.4. The van der Waals surface area contributed by atoms with E-state index < -0.39 is 9.84 Å². The lowest BCUT2D eigenvalue weighted by Gasteiger charge is -2.43. The van der Waals surface area contributed by atoms with Crippen molar-refractivity contribution in [1.82, 2.24) is 4.90 Å². The van der Waals surface area contributed by atoms with Crippen LogP contribution in [0.4, 0.5) is 5.69 Å². The number of piperazine rings is 1. The normalized spacial score (nSPS) is 26.0. The maximum absolute atomic E-state index is 12.8. The number of benzene rings is 1. The Morgan fingerprint density at radius 2 is 1.84 bits per heavy atom. The van der Waals surface area contributed by atoms with Crippen LogP contribution in [0.2, 0.25) is 0 Å². The average Bonchev–Trinajstić information content (AvgIpc) is 3.16. The molecule has 0 radical (unpaired) electrons. The van der Waals surface area contributed by atoms with Crippen LogP contribution in [0, 0.1) is 0 Å². The van der Waals surface area contributed by atoms with E-state index in [2.05, 4.69) is 15.9 Å². The summed E-state index contributed by atoms with van der Waals surface area (Å²) in [6.45, 7) is 0.608. The second-order valence-corrected chi connectivity index (χ2v) is 9.51. The third kappa shape index (κ3) is 3.26. The SMILES string of the molecule is O=C1CN(Cc2ccco2)[C@@H]2CS(=O)(=O)C[C@@H]2N1c1ccc(Br)cc1. The molecule has 1 aromatic heterocycles. The molecule has 25 heavy (non-hydrogen) atoms. The summed E-state index contributed by atoms with van der Waals surface area (Å²) in [5.41, 5.74) is 0.734. The van der Waals surface area contributed by atoms with Crippen molar-refractivity contribution in [2.24, 2.45) is 0 Å². The van der Waals surface area contributed by atoms with Crippen molar-refractivity contribution >= 4 is 37.4 Å². The van der Waals surface area contributed by atoms with Crippen LogP contribution in [0.5, 0.6) is 0 Å². The highest BCUT2D eigenvalue weighted by molar-refractivity contribution is 9.10. The van der Waals surface area contributed by atoms with Gasteiger partial charge in [-0.15, -0.1) is 0 Å². The zero-order chi connectivity index (χ0) is 17.6. The molecule has 1 aromatic carbocycles. The van der Waals surface area contributed by atoms with Gasteiger partial charge in [-0.25, -0.2) is 8.42 Å². The number of carbonyl (C=O) groups is 1. The molecule has 0 spiro atoms. The highest BCUT2D eigenvalue weighted by Crippen LogP contribution is 2.33. The lowest BCUT2D eigenvalue weighted by atomic mass is 10.0. The molecule has 2 fully saturated rings. The van der Waals surface area contributed by atoms with Crippen molar-refractivity contribution in [3.63, 3.8) is 0 Å². The average molecular weight is 425 g/mol. The van der Waals surface area contributed by atoms with Gasteiger partial charge in [-0.3, -0.25) is 9.69 Å². The van der Waals surface area contributed by atoms with Gasteiger partial charge in [0, 0.05) is 16.2 Å². The number of halogens is 1. The number of anilines is 1. The lowest BCUT2D eigenvalue weighted by molar-refractivity contribution is -0.123. The number of carbonyl (C=O) groups excluding carboxylic acids is 1. The molecule has 0 saturated carbocycles. The first-order valence-electron chi connectivity index (χ1n) is 7.97. The molecule has 2 saturated heterocycles. The van der Waals surface area contributed by atoms with Gasteiger partial charge < -0.3 is 9.32 Å². The highest BCUT2D eigenvalue weighted by atomic mass is 79.9. The minimum absolute atomic E-state index is 0.00583. The number of sulfone groups is 1. The Labute approximate surface area is 154 Å². The van der Waals surface area contributed by atoms with Gasteiger partial charge in [0.2, 0.25) is 5.91 Å². The predicted molar refractivity (Wildman–Crippen MR) is 97.0 cm³/mol. The van der Waals surface area contributed by atoms with Crippen molar-refractivity contribution in [2.45, 2.75) is 18.6 Å². The Morgan fingerprint density at radius 1 is 1.12 bits per heavy atom. The minimum Gasteiger partial charge on any atom is -0.468 e. The van der Waals surface area contributed by atoms with Crippen molar-refractivity contribution in [2.75, 3.05) is 23.0 Å². The summed E-state index contributed by atoms with van der Waals surface area (Å²) >= 11 is 3.38. The van der Waals surface area contributed by atoms with E-state index in [1.807, 2.05) is 35.2 Å². The first-order chi connectivity index (χ1) is 11.9. The van der Waals surface area contributed by atoms with Crippen LogP contribution in [0.3, 0.4) is 0 Å². The van der Waals surface area contributed by atoms with Crippen LogP contribution in [-0.2, 0) is 21.2 Å². The van der Waals surface area contributed by atoms with Crippen LogP contribution in [0.25, 0.3) is 0 Å². The zero-order valence-corrected chi connectivity index (χ0v) is 15.7. The molecule has 4 rings (SSSR count). The smallest absolute Gasteiger partial charge is 0.241 e. The van der Waals surface area contributed by atoms with E-state index in [1.54, 1.807) is 17.2 Å². The molecule has 3 heterocycles. The Morgan fingerprint density at radius 3 is 2.52 bits per heavy atom. The molecule has 132 valence electrons. The van der Waals surface area contributed by atoms with Crippen molar-refractivity contribution in [1.29, 1.82) is 0 Å². The summed E-state index contributed by atoms with van der Waals surface area (Å²) in [7, 11) is -3.19. The van der Waals surface area contributed by atoms with E-state index in [1.165, 1.54) is 0 Å². The molecule has 6 nitrogen and oxygen atoms in total. The lowest BCUT2D eigenvalue weighted by Crippen LogP contribution is -2.61. The molecular formula is C17H17BrN2O4S. The molecule has 2 atom stereocenters. The van der Waals surface area contributed by atoms with E-state index in [0.717, 1.165) is 15.9 Å². The molecule has 0 unspecified atom stereocenters. The van der Waals surface area contributed by atoms with E-state index in [9.17, 15) is 13.2 Å². The second kappa shape index (κ2) is 6.26. The highest BCUT2D eigenvalue weighted by Gasteiger charge is 2.49. The Kier molecular flexibility index (Phi) is 4.21. The monoisotopic (exact) mass is 424 g/mol. The second-order valence-electron chi connectivity index (χ2n) is 6.44. The molecule has 2 aromatic rings. The molecule has 0 aliphatic carbocycles. The van der Waals surface area contributed by atoms with E-state index >= 15 is 0 Å². The molecule has 8 heteroatoms. The number of amides is 1. The predicted octanol–water partition coefficient (Wildman–Crippen LogP) is 2.06. The van der Waals surface area contributed by atoms with Gasteiger partial charge in [0.05, 0.1) is 36.9 Å². The maximum atomic E-state index is 12.8. The van der Waals surface area contributed by atoms with Crippen molar-refractivity contribution in [3.05, 3.63) is 52.9 Å². The van der Waals surface area contributed by atoms with Gasteiger partial charge in [-0.05, 0) is 36.4 Å². The first-order valence-corrected chi connectivity index (χ1v) is 10.6. The summed E-state index contributed by atoms with van der Waals surface area (Å²) in [6.07, 6.45) is 1.58. The van der Waals surface area contributed by atoms with E-state index in [-0.39, 0.29) is 36.0 Å². The van der Waals surface area contributed by atoms with Crippen LogP contribution >= 0.6 is 15.9 Å². The summed E-state index contributed by atoms with van der Waals surface area (Å²) in [5.74, 6) is 0.701. The van der Waals surface area contributed by atoms with E-state index in [0.29, 0.717) is 6.54 Å². The van der Waals surface area contributed by atoms with Gasteiger partial charge in [-0.2, -0.15) is 0 Å². The minimum atomic E-state index is -3.19. The number of nitrogens with zero attached hydrogens (tertiary/aromatic N) is 2. The number of furan rings is 1. The third-order valence-electron chi connectivity index (χ3n) is 4.75. The molecule has 0 N–H and O–H groups in total. The summed E-state index contributed by atoms with van der Waals surface area (Å²) in [4.78, 5) is 16.4. The van der Waals surface area contributed by atoms with Gasteiger partial charge in [0.15, 0.2) is 9.84 Å².